The van der Waals surface area contributed by atoms with Gasteiger partial charge in [-0.25, -0.2) is 0 Å². The van der Waals surface area contributed by atoms with Gasteiger partial charge in [0.2, 0.25) is 0 Å². The minimum absolute atomic E-state index is 1.55. The number of hydrogen-bond donors (Lipinski definition) is 1. The number of rotatable bonds is 1. The van der Waals surface area contributed by atoms with E-state index in [1.54, 1.807) is 0 Å². The summed E-state index contributed by atoms with van der Waals surface area (Å²) in [6, 6.07) is 0. The second-order valence-corrected chi connectivity index (χ2v) is 3.04. The van der Waals surface area contributed by atoms with E-state index in [9.17, 15) is 17.0 Å². The van der Waals surface area contributed by atoms with Gasteiger partial charge in [0.1, 0.15) is 0 Å². The summed E-state index contributed by atoms with van der Waals surface area (Å²) in [6.07, 6.45) is -4.48. The van der Waals surface area contributed by atoms with Gasteiger partial charge in [-0.1, -0.05) is 0 Å². The monoisotopic (exact) mass is 196 g/mol. The Labute approximate surface area is 47.7 Å². The van der Waals surface area contributed by atoms with E-state index in [0.717, 1.165) is 0 Å². The summed E-state index contributed by atoms with van der Waals surface area (Å²) in [5, 5.41) is -1.55. The molecule has 0 saturated heterocycles. The second-order valence-electron chi connectivity index (χ2n) is 1.08. The van der Waals surface area contributed by atoms with Crippen LogP contribution in [0.1, 0.15) is 0 Å². The molecule has 0 aromatic rings. The Morgan fingerprint density at radius 2 is 1.88 bits per heavy atom. The van der Waals surface area contributed by atoms with Crippen LogP contribution >= 0.6 is 0 Å². The van der Waals surface area contributed by atoms with E-state index in [1.165, 1.54) is 0 Å². The van der Waals surface area contributed by atoms with Crippen molar-refractivity contribution in [3.8, 4) is 0 Å². The van der Waals surface area contributed by atoms with Gasteiger partial charge in [-0.15, -0.1) is 0 Å². The van der Waals surface area contributed by atoms with Crippen molar-refractivity contribution in [2.75, 3.05) is 0 Å². The summed E-state index contributed by atoms with van der Waals surface area (Å²) in [5.41, 5.74) is 0. The molecule has 0 bridgehead atoms. The molecule has 0 aromatic carbocycles. The molecular formula is C2H3F3O2Se. The number of hydrogen-bond acceptors (Lipinski definition) is 1. The van der Waals surface area contributed by atoms with Crippen LogP contribution in [-0.2, 0) is 3.83 Å². The van der Waals surface area contributed by atoms with Crippen molar-refractivity contribution in [1.82, 2.24) is 0 Å². The molecule has 0 rings (SSSR count). The number of alkyl halides is 3. The van der Waals surface area contributed by atoms with Crippen LogP contribution in [0.15, 0.2) is 0 Å². The zero-order valence-corrected chi connectivity index (χ0v) is 5.32. The third kappa shape index (κ3) is 6.07. The van der Waals surface area contributed by atoms with Crippen molar-refractivity contribution < 1.29 is 21.2 Å². The molecule has 0 fully saturated rings. The average molecular weight is 195 g/mol. The van der Waals surface area contributed by atoms with Crippen LogP contribution in [0.4, 0.5) is 13.2 Å². The Hall–Kier alpha value is 0.0695. The molecule has 0 amide bonds. The SMILES string of the molecule is O=[Se](O)CC(F)(F)F. The predicted molar refractivity (Wildman–Crippen MR) is 19.5 cm³/mol. The molecule has 2 nitrogen and oxygen atoms in total. The van der Waals surface area contributed by atoms with Crippen molar-refractivity contribution in [1.29, 1.82) is 0 Å². The van der Waals surface area contributed by atoms with Crippen molar-refractivity contribution in [3.63, 3.8) is 0 Å². The molecule has 50 valence electrons. The molecule has 6 heteroatoms. The Morgan fingerprint density at radius 3 is 1.88 bits per heavy atom. The van der Waals surface area contributed by atoms with Gasteiger partial charge < -0.3 is 0 Å². The first-order chi connectivity index (χ1) is 3.42. The van der Waals surface area contributed by atoms with Crippen molar-refractivity contribution in [2.24, 2.45) is 0 Å². The first-order valence-electron chi connectivity index (χ1n) is 1.56. The Kier molecular flexibility index (Phi) is 2.59. The third-order valence-corrected chi connectivity index (χ3v) is 1.49. The molecule has 0 aliphatic rings. The standard InChI is InChI=1S/C2H3F3O2Se/c3-2(4,5)1-8(6)7/h1H2,(H,6,7). The van der Waals surface area contributed by atoms with Crippen LogP contribution in [0.3, 0.4) is 0 Å². The first kappa shape index (κ1) is 8.07. The van der Waals surface area contributed by atoms with Gasteiger partial charge in [0.25, 0.3) is 0 Å². The quantitative estimate of drug-likeness (QED) is 0.617. The first-order valence-corrected chi connectivity index (χ1v) is 4.24. The predicted octanol–water partition coefficient (Wildman–Crippen LogP) is 0.460. The summed E-state index contributed by atoms with van der Waals surface area (Å²) in [7, 11) is 0. The van der Waals surface area contributed by atoms with Crippen molar-refractivity contribution in [2.45, 2.75) is 11.5 Å². The van der Waals surface area contributed by atoms with E-state index in [-0.39, 0.29) is 0 Å². The van der Waals surface area contributed by atoms with Crippen LogP contribution < -0.4 is 0 Å². The van der Waals surface area contributed by atoms with Gasteiger partial charge in [-0.05, 0) is 0 Å². The molecule has 8 heavy (non-hydrogen) atoms. The van der Waals surface area contributed by atoms with E-state index >= 15 is 0 Å². The summed E-state index contributed by atoms with van der Waals surface area (Å²) in [5.74, 6) is 0. The third-order valence-electron chi connectivity index (χ3n) is 0.287. The molecule has 0 spiro atoms. The van der Waals surface area contributed by atoms with Gasteiger partial charge in [-0.3, -0.25) is 0 Å². The molecule has 0 heterocycles. The van der Waals surface area contributed by atoms with Gasteiger partial charge >= 0.3 is 46.9 Å². The summed E-state index contributed by atoms with van der Waals surface area (Å²) in [4.78, 5) is 0. The maximum absolute atomic E-state index is 11.0. The van der Waals surface area contributed by atoms with Crippen molar-refractivity contribution >= 4 is 14.2 Å². The Balaban J connectivity index is 3.55. The van der Waals surface area contributed by atoms with Gasteiger partial charge in [-0.2, -0.15) is 0 Å². The van der Waals surface area contributed by atoms with Crippen LogP contribution in [-0.4, -0.2) is 24.5 Å². The van der Waals surface area contributed by atoms with Crippen molar-refractivity contribution in [3.05, 3.63) is 0 Å². The molecule has 0 aliphatic carbocycles. The Bertz CT molecular complexity index is 97.9. The Morgan fingerprint density at radius 1 is 1.50 bits per heavy atom. The van der Waals surface area contributed by atoms with E-state index in [0.29, 0.717) is 0 Å². The van der Waals surface area contributed by atoms with E-state index in [2.05, 4.69) is 0 Å². The zero-order valence-electron chi connectivity index (χ0n) is 3.60. The maximum atomic E-state index is 11.0. The van der Waals surface area contributed by atoms with Gasteiger partial charge in [0.05, 0.1) is 0 Å². The van der Waals surface area contributed by atoms with Crippen LogP contribution in [0.5, 0.6) is 0 Å². The van der Waals surface area contributed by atoms with Gasteiger partial charge in [0.15, 0.2) is 0 Å². The summed E-state index contributed by atoms with van der Waals surface area (Å²) in [6.45, 7) is 0. The molecule has 1 unspecified atom stereocenters. The molecule has 0 aliphatic heterocycles. The van der Waals surface area contributed by atoms with E-state index in [4.69, 9.17) is 4.19 Å². The summed E-state index contributed by atoms with van der Waals surface area (Å²) >= 11 is -3.56. The molecule has 1 N–H and O–H groups in total. The second kappa shape index (κ2) is 2.57. The van der Waals surface area contributed by atoms with Crippen LogP contribution in [0, 0.1) is 0 Å². The van der Waals surface area contributed by atoms with Crippen LogP contribution in [0.2, 0.25) is 5.32 Å². The molecule has 0 aromatic heterocycles. The summed E-state index contributed by atoms with van der Waals surface area (Å²) < 4.78 is 50.2. The molecule has 0 radical (unpaired) electrons. The normalized spacial score (nSPS) is 16.0. The van der Waals surface area contributed by atoms with E-state index in [1.807, 2.05) is 0 Å². The molecular weight excluding hydrogens is 192 g/mol. The fourth-order valence-corrected chi connectivity index (χ4v) is 0.728. The minimum atomic E-state index is -4.48. The number of halogens is 3. The van der Waals surface area contributed by atoms with Crippen LogP contribution in [0.25, 0.3) is 0 Å². The average Bonchev–Trinajstić information content (AvgIpc) is 1.21. The van der Waals surface area contributed by atoms with Gasteiger partial charge in [0, 0.05) is 0 Å². The zero-order chi connectivity index (χ0) is 6.78. The molecule has 1 atom stereocenters. The fourth-order valence-electron chi connectivity index (χ4n) is 0.140. The molecule has 0 saturated carbocycles. The fraction of sp³-hybridized carbons (Fsp3) is 1.00. The topological polar surface area (TPSA) is 37.3 Å². The van der Waals surface area contributed by atoms with E-state index < -0.39 is 25.7 Å².